The molecule has 3 rings (SSSR count). The summed E-state index contributed by atoms with van der Waals surface area (Å²) in [5.74, 6) is 2.46. The van der Waals surface area contributed by atoms with Crippen molar-refractivity contribution in [2.45, 2.75) is 52.9 Å². The van der Waals surface area contributed by atoms with Gasteiger partial charge in [0, 0.05) is 26.2 Å². The zero-order valence-electron chi connectivity index (χ0n) is 18.6. The SMILES string of the molecule is Cc1cc(C(=NCCC2CCNCC2)N(C)C)c2c(C)ccc(C(C)C)cc1-2. The number of nitrogens with one attached hydrogen (secondary N) is 1. The van der Waals surface area contributed by atoms with Crippen molar-refractivity contribution in [1.82, 2.24) is 10.2 Å². The Kier molecular flexibility index (Phi) is 6.77. The molecule has 3 nitrogen and oxygen atoms in total. The van der Waals surface area contributed by atoms with E-state index in [2.05, 4.69) is 76.3 Å². The van der Waals surface area contributed by atoms with Gasteiger partial charge < -0.3 is 10.2 Å². The van der Waals surface area contributed by atoms with Crippen LogP contribution in [0.2, 0.25) is 0 Å². The number of aliphatic imine (C=N–C) groups is 1. The molecule has 1 saturated heterocycles. The maximum Gasteiger partial charge on any atom is 0.131 e. The molecule has 28 heavy (non-hydrogen) atoms. The minimum atomic E-state index is 0.528. The van der Waals surface area contributed by atoms with E-state index in [1.54, 1.807) is 0 Å². The smallest absolute Gasteiger partial charge is 0.131 e. The lowest BCUT2D eigenvalue weighted by molar-refractivity contribution is 0.358. The van der Waals surface area contributed by atoms with E-state index in [0.717, 1.165) is 31.4 Å². The molecule has 0 radical (unpaired) electrons. The molecule has 0 amide bonds. The van der Waals surface area contributed by atoms with Crippen molar-refractivity contribution in [3.63, 3.8) is 0 Å². The van der Waals surface area contributed by atoms with Crippen LogP contribution in [0.25, 0.3) is 11.1 Å². The molecule has 0 unspecified atom stereocenters. The lowest BCUT2D eigenvalue weighted by Gasteiger charge is -2.22. The summed E-state index contributed by atoms with van der Waals surface area (Å²) in [5, 5.41) is 3.46. The number of aryl methyl sites for hydroxylation is 2. The summed E-state index contributed by atoms with van der Waals surface area (Å²) in [4.78, 5) is 7.28. The summed E-state index contributed by atoms with van der Waals surface area (Å²) in [6, 6.07) is 9.29. The molecular weight excluding hydrogens is 342 g/mol. The van der Waals surface area contributed by atoms with Crippen molar-refractivity contribution in [2.75, 3.05) is 33.7 Å². The third-order valence-electron chi connectivity index (χ3n) is 6.14. The van der Waals surface area contributed by atoms with E-state index >= 15 is 0 Å². The average Bonchev–Trinajstić information content (AvgIpc) is 2.86. The van der Waals surface area contributed by atoms with E-state index in [1.165, 1.54) is 52.6 Å². The first-order valence-corrected chi connectivity index (χ1v) is 10.8. The van der Waals surface area contributed by atoms with Crippen molar-refractivity contribution in [1.29, 1.82) is 0 Å². The van der Waals surface area contributed by atoms with Gasteiger partial charge in [-0.25, -0.2) is 0 Å². The Hall–Kier alpha value is -1.87. The van der Waals surface area contributed by atoms with Gasteiger partial charge in [-0.2, -0.15) is 0 Å². The molecule has 0 aromatic rings. The van der Waals surface area contributed by atoms with Crippen LogP contribution in [-0.2, 0) is 0 Å². The maximum absolute atomic E-state index is 5.09. The van der Waals surface area contributed by atoms with Gasteiger partial charge in [0.1, 0.15) is 5.84 Å². The van der Waals surface area contributed by atoms with Crippen molar-refractivity contribution >= 4 is 5.84 Å². The highest BCUT2D eigenvalue weighted by Crippen LogP contribution is 2.36. The third-order valence-corrected chi connectivity index (χ3v) is 6.14. The molecule has 0 saturated carbocycles. The topological polar surface area (TPSA) is 27.6 Å². The fourth-order valence-electron chi connectivity index (χ4n) is 4.37. The fraction of sp³-hybridized carbons (Fsp3) is 0.560. The number of fused-ring (bicyclic) bond motifs is 1. The van der Waals surface area contributed by atoms with Crippen molar-refractivity contribution < 1.29 is 0 Å². The zero-order chi connectivity index (χ0) is 20.3. The molecule has 0 aromatic carbocycles. The molecule has 0 atom stereocenters. The van der Waals surface area contributed by atoms with Gasteiger partial charge in [0.25, 0.3) is 0 Å². The normalized spacial score (nSPS) is 16.2. The number of hydrogen-bond acceptors (Lipinski definition) is 2. The molecular formula is C25H37N3. The molecule has 1 N–H and O–H groups in total. The first-order valence-electron chi connectivity index (χ1n) is 10.8. The standard InChI is InChI=1S/C25H37N3/c1-17(2)21-8-7-18(3)24-22(16-21)19(4)15-23(24)25(28(5)6)27-14-11-20-9-12-26-13-10-20/h7-8,15-17,20,26H,9-14H2,1-6H3. The average molecular weight is 380 g/mol. The van der Waals surface area contributed by atoms with Gasteiger partial charge in [0.2, 0.25) is 0 Å². The maximum atomic E-state index is 5.09. The lowest BCUT2D eigenvalue weighted by atomic mass is 9.95. The monoisotopic (exact) mass is 379 g/mol. The first-order chi connectivity index (χ1) is 13.4. The molecule has 1 aliphatic heterocycles. The Morgan fingerprint density at radius 2 is 1.82 bits per heavy atom. The second kappa shape index (κ2) is 9.09. The molecule has 3 heteroatoms. The summed E-state index contributed by atoms with van der Waals surface area (Å²) in [5.41, 5.74) is 8.09. The zero-order valence-corrected chi connectivity index (χ0v) is 18.6. The van der Waals surface area contributed by atoms with E-state index in [4.69, 9.17) is 4.99 Å². The minimum absolute atomic E-state index is 0.528. The third kappa shape index (κ3) is 4.57. The second-order valence-electron chi connectivity index (χ2n) is 8.93. The van der Waals surface area contributed by atoms with Gasteiger partial charge in [-0.1, -0.05) is 32.0 Å². The predicted molar refractivity (Wildman–Crippen MR) is 122 cm³/mol. The molecule has 0 bridgehead atoms. The number of rotatable bonds is 5. The van der Waals surface area contributed by atoms with E-state index in [9.17, 15) is 0 Å². The molecule has 3 aliphatic rings. The number of hydrogen-bond donors (Lipinski definition) is 1. The van der Waals surface area contributed by atoms with Gasteiger partial charge in [0.15, 0.2) is 0 Å². The molecule has 152 valence electrons. The Labute approximate surface area is 171 Å². The van der Waals surface area contributed by atoms with Crippen LogP contribution >= 0.6 is 0 Å². The molecule has 1 fully saturated rings. The van der Waals surface area contributed by atoms with Crippen molar-refractivity contribution in [3.8, 4) is 11.1 Å². The molecule has 2 aliphatic carbocycles. The highest BCUT2D eigenvalue weighted by atomic mass is 15.1. The van der Waals surface area contributed by atoms with Crippen LogP contribution < -0.4 is 5.32 Å². The first kappa shape index (κ1) is 20.9. The summed E-state index contributed by atoms with van der Waals surface area (Å²) < 4.78 is 0. The Bertz CT molecular complexity index is 798. The number of piperidine rings is 1. The van der Waals surface area contributed by atoms with Gasteiger partial charge in [0.05, 0.1) is 0 Å². The predicted octanol–water partition coefficient (Wildman–Crippen LogP) is 5.23. The Balaban J connectivity index is 1.94. The van der Waals surface area contributed by atoms with Crippen LogP contribution in [0.3, 0.4) is 0 Å². The molecule has 0 spiro atoms. The van der Waals surface area contributed by atoms with Crippen LogP contribution in [0.5, 0.6) is 0 Å². The van der Waals surface area contributed by atoms with Crippen LogP contribution in [0.15, 0.2) is 29.3 Å². The van der Waals surface area contributed by atoms with E-state index in [1.807, 2.05) is 0 Å². The highest BCUT2D eigenvalue weighted by molar-refractivity contribution is 6.07. The van der Waals surface area contributed by atoms with Gasteiger partial charge in [-0.15, -0.1) is 0 Å². The summed E-state index contributed by atoms with van der Waals surface area (Å²) in [6.07, 6.45) is 3.78. The number of nitrogens with zero attached hydrogens (tertiary/aromatic N) is 2. The van der Waals surface area contributed by atoms with Gasteiger partial charge in [-0.05, 0) is 91.9 Å². The second-order valence-corrected chi connectivity index (χ2v) is 8.93. The van der Waals surface area contributed by atoms with E-state index in [0.29, 0.717) is 5.92 Å². The van der Waals surface area contributed by atoms with E-state index in [-0.39, 0.29) is 0 Å². The molecule has 1 heterocycles. The van der Waals surface area contributed by atoms with Crippen molar-refractivity contribution in [2.24, 2.45) is 10.9 Å². The van der Waals surface area contributed by atoms with Crippen LogP contribution in [-0.4, -0.2) is 44.5 Å². The summed E-state index contributed by atoms with van der Waals surface area (Å²) in [7, 11) is 4.24. The van der Waals surface area contributed by atoms with Crippen molar-refractivity contribution in [3.05, 3.63) is 46.5 Å². The lowest BCUT2D eigenvalue weighted by Crippen LogP contribution is -2.28. The van der Waals surface area contributed by atoms with Crippen LogP contribution in [0, 0.1) is 19.8 Å². The minimum Gasteiger partial charge on any atom is -0.363 e. The van der Waals surface area contributed by atoms with Crippen LogP contribution in [0.1, 0.15) is 61.3 Å². The van der Waals surface area contributed by atoms with E-state index < -0.39 is 0 Å². The Morgan fingerprint density at radius 3 is 2.46 bits per heavy atom. The summed E-state index contributed by atoms with van der Waals surface area (Å²) >= 11 is 0. The van der Waals surface area contributed by atoms with Gasteiger partial charge in [-0.3, -0.25) is 4.99 Å². The van der Waals surface area contributed by atoms with Gasteiger partial charge >= 0.3 is 0 Å². The fourth-order valence-corrected chi connectivity index (χ4v) is 4.37. The Morgan fingerprint density at radius 1 is 1.11 bits per heavy atom. The quantitative estimate of drug-likeness (QED) is 0.569. The highest BCUT2D eigenvalue weighted by Gasteiger charge is 2.21. The largest absolute Gasteiger partial charge is 0.363 e. The summed E-state index contributed by atoms with van der Waals surface area (Å²) in [6.45, 7) is 12.2. The van der Waals surface area contributed by atoms with Crippen LogP contribution in [0.4, 0.5) is 0 Å². The molecule has 0 aromatic heterocycles. The number of amidine groups is 1.